The second-order valence-electron chi connectivity index (χ2n) is 7.87. The first kappa shape index (κ1) is 22.5. The van der Waals surface area contributed by atoms with Gasteiger partial charge in [0.05, 0.1) is 18.8 Å². The van der Waals surface area contributed by atoms with Gasteiger partial charge in [-0.15, -0.1) is 0 Å². The molecule has 3 nitrogen and oxygen atoms in total. The number of benzene rings is 3. The van der Waals surface area contributed by atoms with Crippen molar-refractivity contribution in [2.45, 2.75) is 42.0 Å². The molecule has 30 heavy (non-hydrogen) atoms. The molecule has 3 rings (SSSR count). The minimum Gasteiger partial charge on any atom is -0.394 e. The van der Waals surface area contributed by atoms with Gasteiger partial charge in [0.1, 0.15) is 5.82 Å². The Labute approximate surface area is 181 Å². The maximum atomic E-state index is 14.8. The third kappa shape index (κ3) is 5.49. The van der Waals surface area contributed by atoms with Gasteiger partial charge >= 0.3 is 0 Å². The lowest BCUT2D eigenvalue weighted by Gasteiger charge is -2.24. The van der Waals surface area contributed by atoms with E-state index < -0.39 is 5.54 Å². The minimum atomic E-state index is -0.978. The molecule has 0 spiro atoms. The Morgan fingerprint density at radius 3 is 2.10 bits per heavy atom. The average Bonchev–Trinajstić information content (AvgIpc) is 2.75. The average molecular weight is 426 g/mol. The Bertz CT molecular complexity index is 1000. The standard InChI is InChI=1S/C25H28FNO2S/c1-17-3-8-21(13-18(17)2)30-22-9-10-23(24(26)14-22)20-6-4-19(5-7-20)11-12-25(27,15-28)16-29/h3-10,13-14,28-29H,11-12,15-16,27H2,1-2H3. The fourth-order valence-corrected chi connectivity index (χ4v) is 4.10. The van der Waals surface area contributed by atoms with E-state index in [2.05, 4.69) is 32.0 Å². The van der Waals surface area contributed by atoms with Crippen molar-refractivity contribution in [3.8, 4) is 11.1 Å². The molecule has 0 aliphatic carbocycles. The summed E-state index contributed by atoms with van der Waals surface area (Å²) in [5, 5.41) is 18.6. The van der Waals surface area contributed by atoms with Crippen LogP contribution in [0.1, 0.15) is 23.1 Å². The number of halogens is 1. The highest BCUT2D eigenvalue weighted by Crippen LogP contribution is 2.32. The summed E-state index contributed by atoms with van der Waals surface area (Å²) in [5.74, 6) is -0.252. The molecule has 5 heteroatoms. The predicted octanol–water partition coefficient (Wildman–Crippen LogP) is 4.88. The monoisotopic (exact) mass is 425 g/mol. The molecule has 0 aromatic heterocycles. The number of nitrogens with two attached hydrogens (primary N) is 1. The number of aliphatic hydroxyl groups excluding tert-OH is 2. The summed E-state index contributed by atoms with van der Waals surface area (Å²) >= 11 is 1.55. The van der Waals surface area contributed by atoms with E-state index in [1.54, 1.807) is 17.8 Å². The normalized spacial score (nSPS) is 11.7. The van der Waals surface area contributed by atoms with Gasteiger partial charge in [0, 0.05) is 15.4 Å². The van der Waals surface area contributed by atoms with E-state index >= 15 is 0 Å². The lowest BCUT2D eigenvalue weighted by Crippen LogP contribution is -2.47. The SMILES string of the molecule is Cc1ccc(Sc2ccc(-c3ccc(CCC(N)(CO)CO)cc3)c(F)c2)cc1C. The molecule has 0 amide bonds. The lowest BCUT2D eigenvalue weighted by atomic mass is 9.93. The van der Waals surface area contributed by atoms with Crippen molar-refractivity contribution >= 4 is 11.8 Å². The zero-order chi connectivity index (χ0) is 21.7. The first-order valence-electron chi connectivity index (χ1n) is 9.98. The molecule has 3 aromatic carbocycles. The van der Waals surface area contributed by atoms with E-state index in [9.17, 15) is 14.6 Å². The van der Waals surface area contributed by atoms with Gasteiger partial charge in [-0.05, 0) is 73.2 Å². The van der Waals surface area contributed by atoms with Crippen LogP contribution in [0.2, 0.25) is 0 Å². The third-order valence-electron chi connectivity index (χ3n) is 5.46. The van der Waals surface area contributed by atoms with Gasteiger partial charge in [0.25, 0.3) is 0 Å². The highest BCUT2D eigenvalue weighted by molar-refractivity contribution is 7.99. The highest BCUT2D eigenvalue weighted by Gasteiger charge is 2.22. The highest BCUT2D eigenvalue weighted by atomic mass is 32.2. The molecule has 0 bridgehead atoms. The summed E-state index contributed by atoms with van der Waals surface area (Å²) in [6.07, 6.45) is 1.10. The van der Waals surface area contributed by atoms with Gasteiger partial charge < -0.3 is 15.9 Å². The van der Waals surface area contributed by atoms with Gasteiger partial charge in [-0.2, -0.15) is 0 Å². The second kappa shape index (κ2) is 9.75. The van der Waals surface area contributed by atoms with Crippen molar-refractivity contribution in [2.24, 2.45) is 5.73 Å². The molecule has 0 aliphatic rings. The number of hydrogen-bond acceptors (Lipinski definition) is 4. The molecule has 0 saturated carbocycles. The predicted molar refractivity (Wildman–Crippen MR) is 121 cm³/mol. The van der Waals surface area contributed by atoms with Crippen molar-refractivity contribution in [3.05, 3.63) is 83.2 Å². The van der Waals surface area contributed by atoms with E-state index in [1.807, 2.05) is 36.4 Å². The lowest BCUT2D eigenvalue weighted by molar-refractivity contribution is 0.115. The number of rotatable bonds is 8. The largest absolute Gasteiger partial charge is 0.394 e. The topological polar surface area (TPSA) is 66.5 Å². The van der Waals surface area contributed by atoms with Gasteiger partial charge in [-0.3, -0.25) is 0 Å². The van der Waals surface area contributed by atoms with E-state index in [0.29, 0.717) is 18.4 Å². The van der Waals surface area contributed by atoms with Gasteiger partial charge in [-0.1, -0.05) is 48.2 Å². The van der Waals surface area contributed by atoms with Crippen LogP contribution in [-0.4, -0.2) is 29.0 Å². The summed E-state index contributed by atoms with van der Waals surface area (Å²) in [6, 6.07) is 19.2. The summed E-state index contributed by atoms with van der Waals surface area (Å²) in [4.78, 5) is 1.96. The third-order valence-corrected chi connectivity index (χ3v) is 6.44. The van der Waals surface area contributed by atoms with E-state index in [0.717, 1.165) is 20.9 Å². The molecule has 0 radical (unpaired) electrons. The Morgan fingerprint density at radius 2 is 1.50 bits per heavy atom. The fraction of sp³-hybridized carbons (Fsp3) is 0.280. The van der Waals surface area contributed by atoms with Gasteiger partial charge in [0.2, 0.25) is 0 Å². The maximum Gasteiger partial charge on any atom is 0.132 e. The summed E-state index contributed by atoms with van der Waals surface area (Å²) in [5.41, 5.74) is 9.80. The van der Waals surface area contributed by atoms with E-state index in [-0.39, 0.29) is 19.0 Å². The molecule has 0 aliphatic heterocycles. The maximum absolute atomic E-state index is 14.8. The Balaban J connectivity index is 1.71. The van der Waals surface area contributed by atoms with Gasteiger partial charge in [0.15, 0.2) is 0 Å². The molecular formula is C25H28FNO2S. The molecule has 4 N–H and O–H groups in total. The van der Waals surface area contributed by atoms with E-state index in [1.165, 1.54) is 11.1 Å². The van der Waals surface area contributed by atoms with Crippen molar-refractivity contribution in [1.82, 2.24) is 0 Å². The van der Waals surface area contributed by atoms with Crippen LogP contribution in [0.3, 0.4) is 0 Å². The minimum absolute atomic E-state index is 0.252. The Morgan fingerprint density at radius 1 is 0.867 bits per heavy atom. The zero-order valence-corrected chi connectivity index (χ0v) is 18.2. The van der Waals surface area contributed by atoms with Gasteiger partial charge in [-0.25, -0.2) is 4.39 Å². The molecule has 0 saturated heterocycles. The Kier molecular flexibility index (Phi) is 7.32. The molecule has 158 valence electrons. The molecule has 0 unspecified atom stereocenters. The van der Waals surface area contributed by atoms with Crippen LogP contribution in [-0.2, 0) is 6.42 Å². The zero-order valence-electron chi connectivity index (χ0n) is 17.4. The smallest absolute Gasteiger partial charge is 0.132 e. The van der Waals surface area contributed by atoms with Crippen LogP contribution < -0.4 is 5.73 Å². The van der Waals surface area contributed by atoms with Crippen LogP contribution in [0, 0.1) is 19.7 Å². The van der Waals surface area contributed by atoms with E-state index in [4.69, 9.17) is 5.73 Å². The molecular weight excluding hydrogens is 397 g/mol. The van der Waals surface area contributed by atoms with Crippen LogP contribution in [0.4, 0.5) is 4.39 Å². The number of aliphatic hydroxyl groups is 2. The van der Waals surface area contributed by atoms with Crippen LogP contribution >= 0.6 is 11.8 Å². The second-order valence-corrected chi connectivity index (χ2v) is 9.01. The number of aryl methyl sites for hydroxylation is 3. The molecule has 0 fully saturated rings. The quantitative estimate of drug-likeness (QED) is 0.481. The number of hydrogen-bond donors (Lipinski definition) is 3. The van der Waals surface area contributed by atoms with Crippen LogP contribution in [0.15, 0.2) is 70.5 Å². The Hall–Kier alpha value is -2.18. The molecule has 0 heterocycles. The summed E-state index contributed by atoms with van der Waals surface area (Å²) in [7, 11) is 0. The molecule has 0 atom stereocenters. The van der Waals surface area contributed by atoms with Crippen molar-refractivity contribution in [1.29, 1.82) is 0 Å². The van der Waals surface area contributed by atoms with Crippen LogP contribution in [0.25, 0.3) is 11.1 Å². The van der Waals surface area contributed by atoms with Crippen molar-refractivity contribution in [2.75, 3.05) is 13.2 Å². The van der Waals surface area contributed by atoms with Crippen molar-refractivity contribution in [3.63, 3.8) is 0 Å². The fourth-order valence-electron chi connectivity index (χ4n) is 3.16. The summed E-state index contributed by atoms with van der Waals surface area (Å²) < 4.78 is 14.8. The van der Waals surface area contributed by atoms with Crippen LogP contribution in [0.5, 0.6) is 0 Å². The van der Waals surface area contributed by atoms with Crippen molar-refractivity contribution < 1.29 is 14.6 Å². The summed E-state index contributed by atoms with van der Waals surface area (Å²) in [6.45, 7) is 3.63. The molecule has 3 aromatic rings. The first-order valence-corrected chi connectivity index (χ1v) is 10.8. The first-order chi connectivity index (χ1) is 14.3.